The standard InChI is InChI=1S/C25H37N7O5/c1-16(2)10-13-32-20-21(28(3)25(36)29(4)22(20)34)27-24(32)30-11-6-8-17(15-30)26-14-19(33)31-12-7-9-18(31)23(35)37-5/h10,17-18,26H,6-9,11-15H2,1-5H3. The molecule has 2 unspecified atom stereocenters. The fourth-order valence-electron chi connectivity index (χ4n) is 5.23. The number of amides is 1. The van der Waals surface area contributed by atoms with Gasteiger partial charge in [0.05, 0.1) is 13.7 Å². The Kier molecular flexibility index (Phi) is 7.86. The van der Waals surface area contributed by atoms with Crippen molar-refractivity contribution in [3.05, 3.63) is 32.5 Å². The molecular formula is C25H37N7O5. The molecule has 2 saturated heterocycles. The second-order valence-corrected chi connectivity index (χ2v) is 10.1. The maximum absolute atomic E-state index is 13.1. The van der Waals surface area contributed by atoms with Gasteiger partial charge in [0, 0.05) is 46.3 Å². The van der Waals surface area contributed by atoms with Gasteiger partial charge in [0.1, 0.15) is 6.04 Å². The van der Waals surface area contributed by atoms with E-state index in [0.717, 1.165) is 35.9 Å². The number of esters is 1. The van der Waals surface area contributed by atoms with E-state index in [1.54, 1.807) is 11.9 Å². The van der Waals surface area contributed by atoms with Gasteiger partial charge in [-0.1, -0.05) is 11.6 Å². The fraction of sp³-hybridized carbons (Fsp3) is 0.640. The number of carbonyl (C=O) groups excluding carboxylic acids is 2. The number of nitrogens with one attached hydrogen (secondary N) is 1. The van der Waals surface area contributed by atoms with Crippen molar-refractivity contribution < 1.29 is 14.3 Å². The minimum Gasteiger partial charge on any atom is -0.467 e. The van der Waals surface area contributed by atoms with Crippen LogP contribution in [0.3, 0.4) is 0 Å². The first-order valence-electron chi connectivity index (χ1n) is 12.8. The zero-order valence-electron chi connectivity index (χ0n) is 22.3. The molecule has 4 heterocycles. The van der Waals surface area contributed by atoms with E-state index in [9.17, 15) is 19.2 Å². The number of aromatic nitrogens is 4. The minimum absolute atomic E-state index is 0.0280. The molecule has 1 N–H and O–H groups in total. The number of likely N-dealkylation sites (tertiary alicyclic amines) is 1. The maximum Gasteiger partial charge on any atom is 0.332 e. The van der Waals surface area contributed by atoms with E-state index < -0.39 is 11.7 Å². The van der Waals surface area contributed by atoms with Gasteiger partial charge in [-0.25, -0.2) is 9.59 Å². The number of hydrogen-bond donors (Lipinski definition) is 1. The Labute approximate surface area is 215 Å². The highest BCUT2D eigenvalue weighted by Gasteiger charge is 2.35. The molecule has 2 atom stereocenters. The van der Waals surface area contributed by atoms with Gasteiger partial charge in [-0.15, -0.1) is 0 Å². The molecule has 0 saturated carbocycles. The molecule has 0 bridgehead atoms. The first-order chi connectivity index (χ1) is 17.6. The van der Waals surface area contributed by atoms with E-state index >= 15 is 0 Å². The number of fused-ring (bicyclic) bond motifs is 1. The first kappa shape index (κ1) is 26.6. The van der Waals surface area contributed by atoms with Crippen molar-refractivity contribution in [3.8, 4) is 0 Å². The number of rotatable bonds is 7. The highest BCUT2D eigenvalue weighted by molar-refractivity contribution is 5.86. The number of aryl methyl sites for hydroxylation is 1. The SMILES string of the molecule is COC(=O)C1CCCN1C(=O)CNC1CCCN(c2nc3c(c(=O)n(C)c(=O)n3C)n2CC=C(C)C)C1. The van der Waals surface area contributed by atoms with Crippen LogP contribution in [0, 0.1) is 0 Å². The topological polar surface area (TPSA) is 124 Å². The Balaban J connectivity index is 1.56. The van der Waals surface area contributed by atoms with Crippen LogP contribution in [0.5, 0.6) is 0 Å². The van der Waals surface area contributed by atoms with Gasteiger partial charge in [-0.05, 0) is 39.5 Å². The Morgan fingerprint density at radius 2 is 1.84 bits per heavy atom. The Hall–Kier alpha value is -3.41. The molecule has 0 spiro atoms. The van der Waals surface area contributed by atoms with Crippen molar-refractivity contribution in [2.24, 2.45) is 14.1 Å². The van der Waals surface area contributed by atoms with Gasteiger partial charge in [-0.2, -0.15) is 4.98 Å². The van der Waals surface area contributed by atoms with Crippen molar-refractivity contribution in [2.75, 3.05) is 38.2 Å². The molecule has 0 aromatic carbocycles. The number of imidazole rings is 1. The third-order valence-electron chi connectivity index (χ3n) is 7.30. The molecule has 1 amide bonds. The van der Waals surface area contributed by atoms with Gasteiger partial charge in [0.15, 0.2) is 11.2 Å². The summed E-state index contributed by atoms with van der Waals surface area (Å²) in [7, 11) is 4.44. The molecule has 12 nitrogen and oxygen atoms in total. The zero-order chi connectivity index (χ0) is 26.9. The molecule has 2 aromatic heterocycles. The molecule has 2 aromatic rings. The molecule has 4 rings (SSSR count). The van der Waals surface area contributed by atoms with E-state index in [1.807, 2.05) is 24.5 Å². The van der Waals surface area contributed by atoms with Crippen LogP contribution in [0.25, 0.3) is 11.2 Å². The van der Waals surface area contributed by atoms with Crippen LogP contribution in [0.2, 0.25) is 0 Å². The van der Waals surface area contributed by atoms with E-state index in [-0.39, 0.29) is 30.0 Å². The lowest BCUT2D eigenvalue weighted by molar-refractivity contribution is -0.150. The minimum atomic E-state index is -0.508. The van der Waals surface area contributed by atoms with Gasteiger partial charge in [0.2, 0.25) is 11.9 Å². The van der Waals surface area contributed by atoms with Crippen LogP contribution >= 0.6 is 0 Å². The number of ether oxygens (including phenoxy) is 1. The van der Waals surface area contributed by atoms with Gasteiger partial charge in [0.25, 0.3) is 5.56 Å². The Morgan fingerprint density at radius 1 is 1.11 bits per heavy atom. The molecule has 0 radical (unpaired) electrons. The first-order valence-corrected chi connectivity index (χ1v) is 12.8. The van der Waals surface area contributed by atoms with E-state index in [0.29, 0.717) is 43.2 Å². The number of methoxy groups -OCH3 is 1. The van der Waals surface area contributed by atoms with Crippen LogP contribution in [0.1, 0.15) is 39.5 Å². The number of piperidine rings is 1. The molecule has 37 heavy (non-hydrogen) atoms. The summed E-state index contributed by atoms with van der Waals surface area (Å²) in [6, 6.07) is -0.480. The molecule has 12 heteroatoms. The summed E-state index contributed by atoms with van der Waals surface area (Å²) < 4.78 is 9.25. The summed E-state index contributed by atoms with van der Waals surface area (Å²) in [6.07, 6.45) is 5.20. The van der Waals surface area contributed by atoms with Gasteiger partial charge < -0.3 is 24.4 Å². The second kappa shape index (κ2) is 10.9. The lowest BCUT2D eigenvalue weighted by Gasteiger charge is -2.34. The largest absolute Gasteiger partial charge is 0.467 e. The summed E-state index contributed by atoms with van der Waals surface area (Å²) in [4.78, 5) is 59.0. The molecule has 0 aliphatic carbocycles. The predicted molar refractivity (Wildman–Crippen MR) is 140 cm³/mol. The number of carbonyl (C=O) groups is 2. The monoisotopic (exact) mass is 515 g/mol. The van der Waals surface area contributed by atoms with Crippen LogP contribution in [0.15, 0.2) is 21.2 Å². The van der Waals surface area contributed by atoms with Crippen LogP contribution < -0.4 is 21.5 Å². The van der Waals surface area contributed by atoms with Gasteiger partial charge >= 0.3 is 11.7 Å². The number of allylic oxidation sites excluding steroid dienone is 2. The van der Waals surface area contributed by atoms with Crippen LogP contribution in [-0.2, 0) is 35.0 Å². The van der Waals surface area contributed by atoms with Crippen molar-refractivity contribution in [3.63, 3.8) is 0 Å². The number of anilines is 1. The van der Waals surface area contributed by atoms with E-state index in [4.69, 9.17) is 9.72 Å². The second-order valence-electron chi connectivity index (χ2n) is 10.1. The lowest BCUT2D eigenvalue weighted by Crippen LogP contribution is -2.51. The fourth-order valence-corrected chi connectivity index (χ4v) is 5.23. The van der Waals surface area contributed by atoms with E-state index in [1.165, 1.54) is 18.7 Å². The van der Waals surface area contributed by atoms with E-state index in [2.05, 4.69) is 10.2 Å². The maximum atomic E-state index is 13.1. The number of hydrogen-bond acceptors (Lipinski definition) is 8. The van der Waals surface area contributed by atoms with Crippen LogP contribution in [0.4, 0.5) is 5.95 Å². The van der Waals surface area contributed by atoms with Crippen LogP contribution in [-0.4, -0.2) is 80.8 Å². The molecule has 2 aliphatic heterocycles. The molecule has 2 fully saturated rings. The average Bonchev–Trinajstić information content (AvgIpc) is 3.53. The van der Waals surface area contributed by atoms with Crippen molar-refractivity contribution in [1.82, 2.24) is 28.9 Å². The highest BCUT2D eigenvalue weighted by atomic mass is 16.5. The third-order valence-corrected chi connectivity index (χ3v) is 7.30. The molecule has 2 aliphatic rings. The van der Waals surface area contributed by atoms with Crippen molar-refractivity contribution in [2.45, 2.75) is 58.2 Å². The van der Waals surface area contributed by atoms with Crippen molar-refractivity contribution in [1.29, 1.82) is 0 Å². The summed E-state index contributed by atoms with van der Waals surface area (Å²) in [5.74, 6) is 0.152. The Morgan fingerprint density at radius 3 is 2.54 bits per heavy atom. The summed E-state index contributed by atoms with van der Waals surface area (Å²) in [6.45, 7) is 6.48. The zero-order valence-corrected chi connectivity index (χ0v) is 22.3. The van der Waals surface area contributed by atoms with Gasteiger partial charge in [-0.3, -0.25) is 18.7 Å². The Bertz CT molecular complexity index is 1330. The normalized spacial score (nSPS) is 19.9. The summed E-state index contributed by atoms with van der Waals surface area (Å²) in [5, 5.41) is 3.36. The molecular weight excluding hydrogens is 478 g/mol. The third kappa shape index (κ3) is 5.20. The number of nitrogens with zero attached hydrogens (tertiary/aromatic N) is 6. The smallest absolute Gasteiger partial charge is 0.332 e. The average molecular weight is 516 g/mol. The molecule has 202 valence electrons. The summed E-state index contributed by atoms with van der Waals surface area (Å²) >= 11 is 0. The van der Waals surface area contributed by atoms with Crippen molar-refractivity contribution >= 4 is 29.0 Å². The predicted octanol–water partition coefficient (Wildman–Crippen LogP) is 0.122. The quantitative estimate of drug-likeness (QED) is 0.408. The summed E-state index contributed by atoms with van der Waals surface area (Å²) in [5.41, 5.74) is 1.07. The highest BCUT2D eigenvalue weighted by Crippen LogP contribution is 2.24. The lowest BCUT2D eigenvalue weighted by atomic mass is 10.1.